The number of carbonyl (C=O) groups is 1. The first-order chi connectivity index (χ1) is 10.1. The molecule has 6 heteroatoms. The molecule has 21 heavy (non-hydrogen) atoms. The molecule has 0 bridgehead atoms. The van der Waals surface area contributed by atoms with E-state index in [1.54, 1.807) is 4.90 Å². The molecule has 1 aliphatic rings. The molecule has 0 aliphatic carbocycles. The Morgan fingerprint density at radius 1 is 1.52 bits per heavy atom. The molecule has 2 heterocycles. The summed E-state index contributed by atoms with van der Waals surface area (Å²) in [4.78, 5) is 18.7. The van der Waals surface area contributed by atoms with Gasteiger partial charge in [0.1, 0.15) is 10.7 Å². The molecule has 1 aromatic heterocycles. The van der Waals surface area contributed by atoms with Crippen molar-refractivity contribution in [3.05, 3.63) is 40.4 Å². The maximum absolute atomic E-state index is 12.5. The minimum absolute atomic E-state index is 0.0202. The van der Waals surface area contributed by atoms with Crippen molar-refractivity contribution in [1.82, 2.24) is 15.2 Å². The number of amides is 1. The highest BCUT2D eigenvalue weighted by molar-refractivity contribution is 7.13. The molecule has 0 saturated carbocycles. The molecule has 0 radical (unpaired) electrons. The molecule has 1 N–H and O–H groups in total. The molecule has 1 aliphatic heterocycles. The minimum atomic E-state index is -0.0202. The van der Waals surface area contributed by atoms with Crippen LogP contribution in [0.2, 0.25) is 5.02 Å². The summed E-state index contributed by atoms with van der Waals surface area (Å²) in [6.07, 6.45) is 0.994. The van der Waals surface area contributed by atoms with Crippen molar-refractivity contribution in [1.29, 1.82) is 0 Å². The molecule has 2 aromatic rings. The van der Waals surface area contributed by atoms with Gasteiger partial charge in [-0.05, 0) is 25.1 Å². The van der Waals surface area contributed by atoms with Crippen LogP contribution in [0.3, 0.4) is 0 Å². The number of likely N-dealkylation sites (N-methyl/N-ethyl adjacent to an activating group) is 1. The normalized spacial score (nSPS) is 17.9. The van der Waals surface area contributed by atoms with Gasteiger partial charge in [-0.1, -0.05) is 23.7 Å². The van der Waals surface area contributed by atoms with E-state index < -0.39 is 0 Å². The van der Waals surface area contributed by atoms with E-state index in [4.69, 9.17) is 11.6 Å². The van der Waals surface area contributed by atoms with E-state index in [1.807, 2.05) is 36.7 Å². The van der Waals surface area contributed by atoms with E-state index in [9.17, 15) is 4.79 Å². The van der Waals surface area contributed by atoms with E-state index in [2.05, 4.69) is 10.3 Å². The number of hydrogen-bond donors (Lipinski definition) is 1. The average Bonchev–Trinajstić information content (AvgIpc) is 3.17. The topological polar surface area (TPSA) is 45.2 Å². The molecule has 1 fully saturated rings. The third-order valence-corrected chi connectivity index (χ3v) is 4.82. The maximum Gasteiger partial charge on any atom is 0.273 e. The Kier molecular flexibility index (Phi) is 4.24. The molecule has 4 nitrogen and oxygen atoms in total. The number of carbonyl (C=O) groups excluding carboxylic acids is 1. The zero-order valence-corrected chi connectivity index (χ0v) is 13.2. The van der Waals surface area contributed by atoms with Crippen LogP contribution in [0.4, 0.5) is 0 Å². The van der Waals surface area contributed by atoms with Crippen LogP contribution in [-0.4, -0.2) is 42.0 Å². The van der Waals surface area contributed by atoms with Crippen molar-refractivity contribution in [2.45, 2.75) is 12.5 Å². The second-order valence-corrected chi connectivity index (χ2v) is 6.41. The summed E-state index contributed by atoms with van der Waals surface area (Å²) in [5, 5.41) is 6.58. The smallest absolute Gasteiger partial charge is 0.273 e. The van der Waals surface area contributed by atoms with E-state index >= 15 is 0 Å². The standard InChI is InChI=1S/C15H16ClN3OS/c1-19(12-5-6-17-8-12)15(20)13-9-21-14(18-13)10-3-2-4-11(16)7-10/h2-4,7,9,12,17H,5-6,8H2,1H3. The van der Waals surface area contributed by atoms with Crippen molar-refractivity contribution in [3.63, 3.8) is 0 Å². The van der Waals surface area contributed by atoms with Gasteiger partial charge in [0, 0.05) is 35.6 Å². The lowest BCUT2D eigenvalue weighted by molar-refractivity contribution is 0.0739. The van der Waals surface area contributed by atoms with Crippen LogP contribution >= 0.6 is 22.9 Å². The number of benzene rings is 1. The molecule has 3 rings (SSSR count). The van der Waals surface area contributed by atoms with Gasteiger partial charge < -0.3 is 10.2 Å². The van der Waals surface area contributed by atoms with Gasteiger partial charge in [-0.2, -0.15) is 0 Å². The highest BCUT2D eigenvalue weighted by Crippen LogP contribution is 2.26. The van der Waals surface area contributed by atoms with Gasteiger partial charge in [-0.3, -0.25) is 4.79 Å². The minimum Gasteiger partial charge on any atom is -0.336 e. The SMILES string of the molecule is CN(C(=O)c1csc(-c2cccc(Cl)c2)n1)C1CCNC1. The Hall–Kier alpha value is -1.43. The Morgan fingerprint density at radius 2 is 2.38 bits per heavy atom. The second kappa shape index (κ2) is 6.13. The third-order valence-electron chi connectivity index (χ3n) is 3.70. The molecule has 110 valence electrons. The maximum atomic E-state index is 12.5. The van der Waals surface area contributed by atoms with Crippen molar-refractivity contribution in [3.8, 4) is 10.6 Å². The highest BCUT2D eigenvalue weighted by atomic mass is 35.5. The number of halogens is 1. The molecule has 1 atom stereocenters. The van der Waals surface area contributed by atoms with Gasteiger partial charge in [0.2, 0.25) is 0 Å². The largest absolute Gasteiger partial charge is 0.336 e. The number of thiazole rings is 1. The van der Waals surface area contributed by atoms with Crippen molar-refractivity contribution < 1.29 is 4.79 Å². The van der Waals surface area contributed by atoms with Crippen LogP contribution in [0.15, 0.2) is 29.6 Å². The fourth-order valence-corrected chi connectivity index (χ4v) is 3.42. The summed E-state index contributed by atoms with van der Waals surface area (Å²) >= 11 is 7.46. The predicted molar refractivity (Wildman–Crippen MR) is 85.9 cm³/mol. The number of nitrogens with one attached hydrogen (secondary N) is 1. The summed E-state index contributed by atoms with van der Waals surface area (Å²) in [7, 11) is 1.85. The second-order valence-electron chi connectivity index (χ2n) is 5.11. The van der Waals surface area contributed by atoms with Gasteiger partial charge in [-0.25, -0.2) is 4.98 Å². The van der Waals surface area contributed by atoms with Crippen LogP contribution in [0, 0.1) is 0 Å². The van der Waals surface area contributed by atoms with Crippen molar-refractivity contribution >= 4 is 28.8 Å². The van der Waals surface area contributed by atoms with Crippen molar-refractivity contribution in [2.24, 2.45) is 0 Å². The zero-order chi connectivity index (χ0) is 14.8. The summed E-state index contributed by atoms with van der Waals surface area (Å²) in [5.41, 5.74) is 1.45. The number of aromatic nitrogens is 1. The Balaban J connectivity index is 1.79. The van der Waals surface area contributed by atoms with Crippen LogP contribution in [-0.2, 0) is 0 Å². The predicted octanol–water partition coefficient (Wildman–Crippen LogP) is 2.90. The van der Waals surface area contributed by atoms with Crippen LogP contribution in [0.1, 0.15) is 16.9 Å². The molecular weight excluding hydrogens is 306 g/mol. The zero-order valence-electron chi connectivity index (χ0n) is 11.7. The summed E-state index contributed by atoms with van der Waals surface area (Å²) in [5.74, 6) is -0.0202. The van der Waals surface area contributed by atoms with Crippen molar-refractivity contribution in [2.75, 3.05) is 20.1 Å². The Morgan fingerprint density at radius 3 is 3.10 bits per heavy atom. The monoisotopic (exact) mass is 321 g/mol. The Bertz CT molecular complexity index is 652. The Labute approximate surface area is 132 Å². The van der Waals surface area contributed by atoms with E-state index in [1.165, 1.54) is 11.3 Å². The fraction of sp³-hybridized carbons (Fsp3) is 0.333. The molecular formula is C15H16ClN3OS. The van der Waals surface area contributed by atoms with Gasteiger partial charge in [0.05, 0.1) is 0 Å². The number of hydrogen-bond acceptors (Lipinski definition) is 4. The first kappa shape index (κ1) is 14.5. The van der Waals surface area contributed by atoms with Gasteiger partial charge >= 0.3 is 0 Å². The lowest BCUT2D eigenvalue weighted by Crippen LogP contribution is -2.38. The number of rotatable bonds is 3. The summed E-state index contributed by atoms with van der Waals surface area (Å²) < 4.78 is 0. The summed E-state index contributed by atoms with van der Waals surface area (Å²) in [6, 6.07) is 7.78. The molecule has 1 saturated heterocycles. The lowest BCUT2D eigenvalue weighted by atomic mass is 10.2. The first-order valence-electron chi connectivity index (χ1n) is 6.84. The quantitative estimate of drug-likeness (QED) is 0.945. The number of nitrogens with zero attached hydrogens (tertiary/aromatic N) is 2. The van der Waals surface area contributed by atoms with Crippen LogP contribution in [0.5, 0.6) is 0 Å². The molecule has 1 aromatic carbocycles. The van der Waals surface area contributed by atoms with E-state index in [0.717, 1.165) is 30.1 Å². The van der Waals surface area contributed by atoms with Gasteiger partial charge in [0.25, 0.3) is 5.91 Å². The third kappa shape index (κ3) is 3.10. The van der Waals surface area contributed by atoms with Crippen LogP contribution in [0.25, 0.3) is 10.6 Å². The van der Waals surface area contributed by atoms with Gasteiger partial charge in [0.15, 0.2) is 0 Å². The highest BCUT2D eigenvalue weighted by Gasteiger charge is 2.25. The van der Waals surface area contributed by atoms with E-state index in [-0.39, 0.29) is 11.9 Å². The van der Waals surface area contributed by atoms with E-state index in [0.29, 0.717) is 10.7 Å². The first-order valence-corrected chi connectivity index (χ1v) is 8.10. The molecule has 1 amide bonds. The molecule has 0 spiro atoms. The van der Waals surface area contributed by atoms with Gasteiger partial charge in [-0.15, -0.1) is 11.3 Å². The summed E-state index contributed by atoms with van der Waals surface area (Å²) in [6.45, 7) is 1.82. The molecule has 1 unspecified atom stereocenters. The van der Waals surface area contributed by atoms with Crippen LogP contribution < -0.4 is 5.32 Å². The lowest BCUT2D eigenvalue weighted by Gasteiger charge is -2.22. The average molecular weight is 322 g/mol. The fourth-order valence-electron chi connectivity index (χ4n) is 2.44.